The Morgan fingerprint density at radius 3 is 2.76 bits per heavy atom. The van der Waals surface area contributed by atoms with Crippen molar-refractivity contribution in [1.29, 1.82) is 0 Å². The van der Waals surface area contributed by atoms with E-state index in [2.05, 4.69) is 5.32 Å². The monoisotopic (exact) mass is 288 g/mol. The smallest absolute Gasteiger partial charge is 0.323 e. The van der Waals surface area contributed by atoms with Crippen molar-refractivity contribution >= 4 is 23.5 Å². The molecule has 6 heteroatoms. The zero-order valence-electron chi connectivity index (χ0n) is 11.5. The van der Waals surface area contributed by atoms with Crippen molar-refractivity contribution in [2.24, 2.45) is 5.92 Å². The first-order valence-electron chi connectivity index (χ1n) is 6.97. The minimum atomic E-state index is -1.02. The highest BCUT2D eigenvalue weighted by atomic mass is 16.4. The second-order valence-corrected chi connectivity index (χ2v) is 5.62. The molecular weight excluding hydrogens is 272 g/mol. The molecule has 1 saturated carbocycles. The predicted octanol–water partition coefficient (Wildman–Crippen LogP) is 1.12. The van der Waals surface area contributed by atoms with Gasteiger partial charge < -0.3 is 15.3 Å². The van der Waals surface area contributed by atoms with Crippen LogP contribution in [0.25, 0.3) is 0 Å². The topological polar surface area (TPSA) is 86.7 Å². The summed E-state index contributed by atoms with van der Waals surface area (Å²) in [6, 6.07) is 5.03. The molecule has 1 aromatic rings. The van der Waals surface area contributed by atoms with Crippen LogP contribution in [0.4, 0.5) is 5.69 Å². The van der Waals surface area contributed by atoms with E-state index in [0.29, 0.717) is 30.1 Å². The largest absolute Gasteiger partial charge is 0.480 e. The van der Waals surface area contributed by atoms with Crippen molar-refractivity contribution < 1.29 is 19.5 Å². The van der Waals surface area contributed by atoms with E-state index in [1.807, 2.05) is 0 Å². The van der Waals surface area contributed by atoms with Crippen molar-refractivity contribution in [3.05, 3.63) is 29.3 Å². The number of carboxylic acid groups (broad SMARTS) is 1. The fourth-order valence-electron chi connectivity index (χ4n) is 2.52. The van der Waals surface area contributed by atoms with Gasteiger partial charge in [0.05, 0.1) is 6.42 Å². The van der Waals surface area contributed by atoms with Crippen LogP contribution in [-0.4, -0.2) is 40.9 Å². The molecule has 6 nitrogen and oxygen atoms in total. The Hall–Kier alpha value is -2.37. The molecule has 0 radical (unpaired) electrons. The van der Waals surface area contributed by atoms with Crippen LogP contribution in [0, 0.1) is 5.92 Å². The van der Waals surface area contributed by atoms with E-state index < -0.39 is 5.97 Å². The lowest BCUT2D eigenvalue weighted by Crippen LogP contribution is -2.37. The zero-order valence-corrected chi connectivity index (χ0v) is 11.5. The fourth-order valence-corrected chi connectivity index (χ4v) is 2.52. The summed E-state index contributed by atoms with van der Waals surface area (Å²) in [7, 11) is 0. The van der Waals surface area contributed by atoms with Crippen LogP contribution in [-0.2, 0) is 16.0 Å². The van der Waals surface area contributed by atoms with Gasteiger partial charge in [-0.15, -0.1) is 0 Å². The molecule has 2 amide bonds. The molecule has 0 unspecified atom stereocenters. The molecule has 1 aliphatic heterocycles. The molecule has 2 N–H and O–H groups in total. The van der Waals surface area contributed by atoms with Crippen LogP contribution in [0.2, 0.25) is 0 Å². The number of amides is 2. The highest BCUT2D eigenvalue weighted by Gasteiger charge is 2.29. The van der Waals surface area contributed by atoms with Gasteiger partial charge in [0.2, 0.25) is 5.91 Å². The lowest BCUT2D eigenvalue weighted by atomic mass is 10.1. The molecular formula is C15H16N2O4. The number of rotatable bonds is 5. The Labute approximate surface area is 121 Å². The van der Waals surface area contributed by atoms with Gasteiger partial charge in [0, 0.05) is 17.8 Å². The van der Waals surface area contributed by atoms with E-state index in [1.165, 1.54) is 4.90 Å². The average Bonchev–Trinajstić information content (AvgIpc) is 3.15. The van der Waals surface area contributed by atoms with Crippen LogP contribution in [0.5, 0.6) is 0 Å². The first-order chi connectivity index (χ1) is 10.0. The Balaban J connectivity index is 1.80. The average molecular weight is 288 g/mol. The fraction of sp³-hybridized carbons (Fsp3) is 0.400. The number of fused-ring (bicyclic) bond motifs is 1. The van der Waals surface area contributed by atoms with Gasteiger partial charge in [0.25, 0.3) is 5.91 Å². The third kappa shape index (κ3) is 3.04. The summed E-state index contributed by atoms with van der Waals surface area (Å²) in [4.78, 5) is 36.1. The second kappa shape index (κ2) is 5.20. The first kappa shape index (κ1) is 13.6. The number of carbonyl (C=O) groups is 3. The summed E-state index contributed by atoms with van der Waals surface area (Å²) in [5.74, 6) is -0.982. The number of hydrogen-bond acceptors (Lipinski definition) is 3. The molecule has 1 aliphatic carbocycles. The van der Waals surface area contributed by atoms with Crippen LogP contribution in [0.1, 0.15) is 28.8 Å². The lowest BCUT2D eigenvalue weighted by Gasteiger charge is -2.20. The molecule has 3 rings (SSSR count). The van der Waals surface area contributed by atoms with Crippen molar-refractivity contribution in [3.63, 3.8) is 0 Å². The number of nitrogens with zero attached hydrogens (tertiary/aromatic N) is 1. The highest BCUT2D eigenvalue weighted by Crippen LogP contribution is 2.30. The Bertz CT molecular complexity index is 622. The molecule has 2 aliphatic rings. The van der Waals surface area contributed by atoms with E-state index in [1.54, 1.807) is 18.2 Å². The molecule has 0 saturated heterocycles. The molecule has 110 valence electrons. The predicted molar refractivity (Wildman–Crippen MR) is 75.0 cm³/mol. The Morgan fingerprint density at radius 2 is 2.10 bits per heavy atom. The molecule has 21 heavy (non-hydrogen) atoms. The first-order valence-corrected chi connectivity index (χ1v) is 6.97. The number of nitrogens with one attached hydrogen (secondary N) is 1. The Kier molecular flexibility index (Phi) is 3.37. The van der Waals surface area contributed by atoms with Gasteiger partial charge in [0.15, 0.2) is 0 Å². The Morgan fingerprint density at radius 1 is 1.33 bits per heavy atom. The number of hydrogen-bond donors (Lipinski definition) is 2. The van der Waals surface area contributed by atoms with E-state index in [0.717, 1.165) is 18.4 Å². The van der Waals surface area contributed by atoms with E-state index >= 15 is 0 Å². The number of benzene rings is 1. The third-order valence-corrected chi connectivity index (χ3v) is 3.77. The van der Waals surface area contributed by atoms with Crippen molar-refractivity contribution in [2.75, 3.05) is 18.4 Å². The minimum Gasteiger partial charge on any atom is -0.480 e. The van der Waals surface area contributed by atoms with Gasteiger partial charge in [-0.2, -0.15) is 0 Å². The number of aliphatic carboxylic acids is 1. The summed E-state index contributed by atoms with van der Waals surface area (Å²) in [5, 5.41) is 11.7. The van der Waals surface area contributed by atoms with E-state index in [-0.39, 0.29) is 18.4 Å². The molecule has 0 aromatic heterocycles. The maximum absolute atomic E-state index is 12.5. The summed E-state index contributed by atoms with van der Waals surface area (Å²) >= 11 is 0. The zero-order chi connectivity index (χ0) is 15.0. The van der Waals surface area contributed by atoms with E-state index in [9.17, 15) is 14.4 Å². The van der Waals surface area contributed by atoms with Gasteiger partial charge in [0.1, 0.15) is 6.54 Å². The normalized spacial score (nSPS) is 16.3. The molecule has 0 atom stereocenters. The van der Waals surface area contributed by atoms with Crippen LogP contribution in [0.15, 0.2) is 18.2 Å². The van der Waals surface area contributed by atoms with Crippen molar-refractivity contribution in [1.82, 2.24) is 4.90 Å². The summed E-state index contributed by atoms with van der Waals surface area (Å²) < 4.78 is 0. The second-order valence-electron chi connectivity index (χ2n) is 5.62. The van der Waals surface area contributed by atoms with Gasteiger partial charge in [-0.05, 0) is 36.5 Å². The summed E-state index contributed by atoms with van der Waals surface area (Å²) in [6.07, 6.45) is 2.41. The standard InChI is InChI=1S/C15H16N2O4/c18-13-6-10-3-4-11(5-12(10)16-13)15(21)17(8-14(19)20)7-9-1-2-9/h3-5,9H,1-2,6-8H2,(H,16,18)(H,19,20). The minimum absolute atomic E-state index is 0.0880. The quantitative estimate of drug-likeness (QED) is 0.850. The molecule has 0 bridgehead atoms. The molecule has 1 aromatic carbocycles. The maximum atomic E-state index is 12.5. The van der Waals surface area contributed by atoms with E-state index in [4.69, 9.17) is 5.11 Å². The number of carboxylic acids is 1. The van der Waals surface area contributed by atoms with Gasteiger partial charge in [-0.3, -0.25) is 14.4 Å². The molecule has 1 heterocycles. The number of carbonyl (C=O) groups excluding carboxylic acids is 2. The summed E-state index contributed by atoms with van der Waals surface area (Å²) in [6.45, 7) is 0.188. The van der Waals surface area contributed by atoms with Crippen molar-refractivity contribution in [2.45, 2.75) is 19.3 Å². The molecule has 0 spiro atoms. The van der Waals surface area contributed by atoms with Crippen molar-refractivity contribution in [3.8, 4) is 0 Å². The SMILES string of the molecule is O=C(O)CN(CC1CC1)C(=O)c1ccc2c(c1)NC(=O)C2. The third-order valence-electron chi connectivity index (χ3n) is 3.77. The van der Waals surface area contributed by atoms with Crippen LogP contribution < -0.4 is 5.32 Å². The summed E-state index contributed by atoms with van der Waals surface area (Å²) in [5.41, 5.74) is 1.92. The molecule has 1 fully saturated rings. The lowest BCUT2D eigenvalue weighted by molar-refractivity contribution is -0.137. The maximum Gasteiger partial charge on any atom is 0.323 e. The number of anilines is 1. The highest BCUT2D eigenvalue weighted by molar-refractivity contribution is 6.02. The van der Waals surface area contributed by atoms with Gasteiger partial charge >= 0.3 is 5.97 Å². The van der Waals surface area contributed by atoms with Gasteiger partial charge in [-0.1, -0.05) is 6.07 Å². The van der Waals surface area contributed by atoms with Crippen LogP contribution in [0.3, 0.4) is 0 Å². The van der Waals surface area contributed by atoms with Gasteiger partial charge in [-0.25, -0.2) is 0 Å². The van der Waals surface area contributed by atoms with Crippen LogP contribution >= 0.6 is 0 Å².